The van der Waals surface area contributed by atoms with Gasteiger partial charge in [-0.25, -0.2) is 4.98 Å². The summed E-state index contributed by atoms with van der Waals surface area (Å²) < 4.78 is 6.41. The SMILES string of the molecule is COc1ccc([C@@H]2[C@H](C(=O)Nc3nc4ccccc4s3)c3ccccc3C(=O)N2C2CCCCC2)cc1. The average molecular weight is 512 g/mol. The first-order valence-electron chi connectivity index (χ1n) is 12.9. The van der Waals surface area contributed by atoms with Gasteiger partial charge in [-0.2, -0.15) is 0 Å². The number of nitrogens with one attached hydrogen (secondary N) is 1. The van der Waals surface area contributed by atoms with Gasteiger partial charge in [-0.05, 0) is 54.3 Å². The fraction of sp³-hybridized carbons (Fsp3) is 0.300. The van der Waals surface area contributed by atoms with Crippen molar-refractivity contribution in [1.29, 1.82) is 0 Å². The van der Waals surface area contributed by atoms with Crippen molar-refractivity contribution in [2.45, 2.75) is 50.1 Å². The van der Waals surface area contributed by atoms with Gasteiger partial charge >= 0.3 is 0 Å². The second-order valence-electron chi connectivity index (χ2n) is 9.76. The normalized spacial score (nSPS) is 20.0. The molecule has 6 nitrogen and oxygen atoms in total. The van der Waals surface area contributed by atoms with Crippen LogP contribution in [0.15, 0.2) is 72.8 Å². The molecule has 2 atom stereocenters. The molecule has 0 unspecified atom stereocenters. The molecule has 0 spiro atoms. The summed E-state index contributed by atoms with van der Waals surface area (Å²) >= 11 is 1.46. The molecule has 0 radical (unpaired) electrons. The average Bonchev–Trinajstić information content (AvgIpc) is 3.35. The molecule has 2 amide bonds. The third-order valence-corrected chi connectivity index (χ3v) is 8.56. The number of carbonyl (C=O) groups is 2. The van der Waals surface area contributed by atoms with E-state index in [1.54, 1.807) is 7.11 Å². The van der Waals surface area contributed by atoms with Crippen molar-refractivity contribution < 1.29 is 14.3 Å². The first kappa shape index (κ1) is 23.7. The highest BCUT2D eigenvalue weighted by molar-refractivity contribution is 7.22. The molecule has 7 heteroatoms. The molecule has 2 aliphatic rings. The molecular formula is C30H29N3O3S. The molecule has 3 aromatic carbocycles. The molecule has 1 aromatic heterocycles. The molecular weight excluding hydrogens is 482 g/mol. The Morgan fingerprint density at radius 2 is 1.70 bits per heavy atom. The predicted octanol–water partition coefficient (Wildman–Crippen LogP) is 6.56. The van der Waals surface area contributed by atoms with E-state index in [0.29, 0.717) is 10.7 Å². The Morgan fingerprint density at radius 3 is 2.46 bits per heavy atom. The van der Waals surface area contributed by atoms with Crippen LogP contribution in [0, 0.1) is 0 Å². The Morgan fingerprint density at radius 1 is 0.973 bits per heavy atom. The molecule has 1 saturated carbocycles. The number of hydrogen-bond acceptors (Lipinski definition) is 5. The number of aromatic nitrogens is 1. The number of anilines is 1. The predicted molar refractivity (Wildman–Crippen MR) is 146 cm³/mol. The van der Waals surface area contributed by atoms with Crippen molar-refractivity contribution in [2.24, 2.45) is 0 Å². The highest BCUT2D eigenvalue weighted by atomic mass is 32.1. The zero-order valence-electron chi connectivity index (χ0n) is 20.7. The lowest BCUT2D eigenvalue weighted by molar-refractivity contribution is -0.119. The quantitative estimate of drug-likeness (QED) is 0.330. The second-order valence-corrected chi connectivity index (χ2v) is 10.8. The molecule has 4 aromatic rings. The lowest BCUT2D eigenvalue weighted by atomic mass is 9.77. The molecule has 1 aliphatic carbocycles. The van der Waals surface area contributed by atoms with Crippen LogP contribution in [-0.2, 0) is 4.79 Å². The van der Waals surface area contributed by atoms with Crippen molar-refractivity contribution in [3.63, 3.8) is 0 Å². The van der Waals surface area contributed by atoms with Gasteiger partial charge < -0.3 is 15.0 Å². The molecule has 188 valence electrons. The van der Waals surface area contributed by atoms with Crippen molar-refractivity contribution in [3.8, 4) is 5.75 Å². The van der Waals surface area contributed by atoms with Gasteiger partial charge in [-0.1, -0.05) is 73.1 Å². The summed E-state index contributed by atoms with van der Waals surface area (Å²) in [7, 11) is 1.64. The molecule has 1 aliphatic heterocycles. The van der Waals surface area contributed by atoms with Gasteiger partial charge in [0.15, 0.2) is 5.13 Å². The molecule has 1 fully saturated rings. The number of para-hydroxylation sites is 1. The second kappa shape index (κ2) is 9.98. The highest BCUT2D eigenvalue weighted by Crippen LogP contribution is 2.46. The fourth-order valence-electron chi connectivity index (χ4n) is 5.86. The summed E-state index contributed by atoms with van der Waals surface area (Å²) in [5.41, 5.74) is 3.16. The van der Waals surface area contributed by atoms with Gasteiger partial charge in [0.2, 0.25) is 5.91 Å². The number of benzene rings is 3. The molecule has 6 rings (SSSR count). The van der Waals surface area contributed by atoms with Gasteiger partial charge in [-0.15, -0.1) is 0 Å². The number of methoxy groups -OCH3 is 1. The summed E-state index contributed by atoms with van der Waals surface area (Å²) in [5.74, 6) is 0.0233. The van der Waals surface area contributed by atoms with Gasteiger partial charge in [0.05, 0.1) is 29.3 Å². The zero-order valence-corrected chi connectivity index (χ0v) is 21.5. The molecule has 0 bridgehead atoms. The maximum Gasteiger partial charge on any atom is 0.254 e. The Hall–Kier alpha value is -3.71. The lowest BCUT2D eigenvalue weighted by Crippen LogP contribution is -2.51. The van der Waals surface area contributed by atoms with Gasteiger partial charge in [0.25, 0.3) is 5.91 Å². The largest absolute Gasteiger partial charge is 0.497 e. The van der Waals surface area contributed by atoms with Crippen LogP contribution in [0.2, 0.25) is 0 Å². The maximum atomic E-state index is 14.1. The Bertz CT molecular complexity index is 1410. The molecule has 0 saturated heterocycles. The first-order chi connectivity index (χ1) is 18.1. The lowest BCUT2D eigenvalue weighted by Gasteiger charge is -2.46. The maximum absolute atomic E-state index is 14.1. The topological polar surface area (TPSA) is 71.5 Å². The van der Waals surface area contributed by atoms with E-state index in [1.807, 2.05) is 77.7 Å². The Balaban J connectivity index is 1.46. The molecule has 37 heavy (non-hydrogen) atoms. The van der Waals surface area contributed by atoms with Crippen molar-refractivity contribution >= 4 is 38.5 Å². The van der Waals surface area contributed by atoms with E-state index < -0.39 is 12.0 Å². The van der Waals surface area contributed by atoms with Crippen LogP contribution in [0.1, 0.15) is 65.5 Å². The number of carbonyl (C=O) groups excluding carboxylic acids is 2. The van der Waals surface area contributed by atoms with E-state index in [1.165, 1.54) is 17.8 Å². The van der Waals surface area contributed by atoms with Gasteiger partial charge in [-0.3, -0.25) is 9.59 Å². The van der Waals surface area contributed by atoms with Crippen LogP contribution in [0.4, 0.5) is 5.13 Å². The third kappa shape index (κ3) is 4.37. The van der Waals surface area contributed by atoms with E-state index in [0.717, 1.165) is 52.8 Å². The monoisotopic (exact) mass is 511 g/mol. The van der Waals surface area contributed by atoms with E-state index in [-0.39, 0.29) is 17.9 Å². The van der Waals surface area contributed by atoms with Crippen LogP contribution in [0.25, 0.3) is 10.2 Å². The Labute approximate surface area is 220 Å². The van der Waals surface area contributed by atoms with Crippen LogP contribution in [0.5, 0.6) is 5.75 Å². The fourth-order valence-corrected chi connectivity index (χ4v) is 6.73. The number of rotatable bonds is 5. The summed E-state index contributed by atoms with van der Waals surface area (Å²) in [6.45, 7) is 0. The summed E-state index contributed by atoms with van der Waals surface area (Å²) in [5, 5.41) is 3.68. The minimum Gasteiger partial charge on any atom is -0.497 e. The van der Waals surface area contributed by atoms with E-state index in [9.17, 15) is 9.59 Å². The number of fused-ring (bicyclic) bond motifs is 2. The summed E-state index contributed by atoms with van der Waals surface area (Å²) in [6, 6.07) is 22.9. The van der Waals surface area contributed by atoms with Crippen molar-refractivity contribution in [1.82, 2.24) is 9.88 Å². The number of ether oxygens (including phenoxy) is 1. The van der Waals surface area contributed by atoms with E-state index in [4.69, 9.17) is 4.74 Å². The van der Waals surface area contributed by atoms with E-state index >= 15 is 0 Å². The molecule has 1 N–H and O–H groups in total. The number of nitrogens with zero attached hydrogens (tertiary/aromatic N) is 2. The van der Waals surface area contributed by atoms with Gasteiger partial charge in [0.1, 0.15) is 5.75 Å². The third-order valence-electron chi connectivity index (χ3n) is 7.61. The number of amides is 2. The minimum absolute atomic E-state index is 0.00681. The summed E-state index contributed by atoms with van der Waals surface area (Å²) in [4.78, 5) is 34.8. The van der Waals surface area contributed by atoms with Crippen molar-refractivity contribution in [3.05, 3.63) is 89.5 Å². The number of hydrogen-bond donors (Lipinski definition) is 1. The van der Waals surface area contributed by atoms with Crippen LogP contribution in [-0.4, -0.2) is 34.8 Å². The first-order valence-corrected chi connectivity index (χ1v) is 13.7. The van der Waals surface area contributed by atoms with E-state index in [2.05, 4.69) is 10.3 Å². The van der Waals surface area contributed by atoms with Gasteiger partial charge in [0, 0.05) is 11.6 Å². The smallest absolute Gasteiger partial charge is 0.254 e. The van der Waals surface area contributed by atoms with Crippen LogP contribution >= 0.6 is 11.3 Å². The van der Waals surface area contributed by atoms with Crippen LogP contribution < -0.4 is 10.1 Å². The minimum atomic E-state index is -0.573. The standard InChI is InChI=1S/C30H29N3O3S/c1-36-21-17-15-19(16-18-21)27-26(28(34)32-30-31-24-13-7-8-14-25(24)37-30)22-11-5-6-12-23(22)29(35)33(27)20-9-3-2-4-10-20/h5-8,11-18,20,26-27H,2-4,9-10H2,1H3,(H,31,32,34)/t26-,27-/m1/s1. The zero-order chi connectivity index (χ0) is 25.4. The van der Waals surface area contributed by atoms with Crippen molar-refractivity contribution in [2.75, 3.05) is 12.4 Å². The summed E-state index contributed by atoms with van der Waals surface area (Å²) in [6.07, 6.45) is 5.27. The highest BCUT2D eigenvalue weighted by Gasteiger charge is 2.46. The van der Waals surface area contributed by atoms with Crippen LogP contribution in [0.3, 0.4) is 0 Å². The Kier molecular flexibility index (Phi) is 6.38. The number of thiazole rings is 1. The molecule has 2 heterocycles.